The summed E-state index contributed by atoms with van der Waals surface area (Å²) in [5.41, 5.74) is 8.51. The van der Waals surface area contributed by atoms with E-state index in [0.717, 1.165) is 16.5 Å². The molecule has 3 heteroatoms. The summed E-state index contributed by atoms with van der Waals surface area (Å²) in [4.78, 5) is 14.7. The van der Waals surface area contributed by atoms with Crippen molar-refractivity contribution in [2.75, 3.05) is 0 Å². The molecule has 3 N–H and O–H groups in total. The average Bonchev–Trinajstić information content (AvgIpc) is 2.67. The average molecular weight is 186 g/mol. The first-order chi connectivity index (χ1) is 6.77. The molecule has 0 saturated carbocycles. The number of ketones is 1. The highest BCUT2D eigenvalue weighted by Crippen LogP contribution is 2.28. The van der Waals surface area contributed by atoms with Crippen LogP contribution in [0.15, 0.2) is 24.3 Å². The quantitative estimate of drug-likeness (QED) is 0.650. The van der Waals surface area contributed by atoms with E-state index in [1.165, 1.54) is 0 Å². The van der Waals surface area contributed by atoms with Crippen LogP contribution in [0.3, 0.4) is 0 Å². The highest BCUT2D eigenvalue weighted by Gasteiger charge is 2.30. The monoisotopic (exact) mass is 186 g/mol. The Balaban J connectivity index is 2.36. The summed E-state index contributed by atoms with van der Waals surface area (Å²) in [6.07, 6.45) is 0.665. The lowest BCUT2D eigenvalue weighted by Crippen LogP contribution is -2.26. The van der Waals surface area contributed by atoms with Crippen molar-refractivity contribution in [1.29, 1.82) is 0 Å². The highest BCUT2D eigenvalue weighted by atomic mass is 16.1. The number of carbonyl (C=O) groups is 1. The van der Waals surface area contributed by atoms with Crippen LogP contribution in [-0.2, 0) is 6.42 Å². The summed E-state index contributed by atoms with van der Waals surface area (Å²) >= 11 is 0. The molecule has 0 saturated heterocycles. The predicted molar refractivity (Wildman–Crippen MR) is 54.3 cm³/mol. The van der Waals surface area contributed by atoms with Crippen molar-refractivity contribution in [3.05, 3.63) is 35.5 Å². The molecule has 14 heavy (non-hydrogen) atoms. The van der Waals surface area contributed by atoms with E-state index in [9.17, 15) is 4.79 Å². The SMILES string of the molecule is NC1Cc2c([nH]c3ccccc23)C1=O. The first kappa shape index (κ1) is 7.76. The second-order valence-electron chi connectivity index (χ2n) is 3.70. The fraction of sp³-hybridized carbons (Fsp3) is 0.182. The van der Waals surface area contributed by atoms with Gasteiger partial charge in [-0.3, -0.25) is 4.79 Å². The number of carbonyl (C=O) groups excluding carboxylic acids is 1. The molecule has 1 atom stereocenters. The van der Waals surface area contributed by atoms with Gasteiger partial charge in [-0.2, -0.15) is 0 Å². The lowest BCUT2D eigenvalue weighted by molar-refractivity contribution is 0.0971. The van der Waals surface area contributed by atoms with Crippen LogP contribution >= 0.6 is 0 Å². The molecule has 70 valence electrons. The first-order valence-electron chi connectivity index (χ1n) is 4.67. The van der Waals surface area contributed by atoms with Crippen molar-refractivity contribution in [2.24, 2.45) is 5.73 Å². The van der Waals surface area contributed by atoms with Gasteiger partial charge in [-0.05, 0) is 18.1 Å². The fourth-order valence-corrected chi connectivity index (χ4v) is 2.12. The van der Waals surface area contributed by atoms with Crippen LogP contribution in [0.2, 0.25) is 0 Å². The number of nitrogens with two attached hydrogens (primary N) is 1. The van der Waals surface area contributed by atoms with Crippen LogP contribution in [0.25, 0.3) is 10.9 Å². The highest BCUT2D eigenvalue weighted by molar-refractivity contribution is 6.08. The standard InChI is InChI=1S/C11H10N2O/c12-8-5-7-6-3-1-2-4-9(6)13-10(7)11(8)14/h1-4,8,13H,5,12H2. The third-order valence-electron chi connectivity index (χ3n) is 2.82. The van der Waals surface area contributed by atoms with E-state index in [4.69, 9.17) is 5.73 Å². The Morgan fingerprint density at radius 2 is 2.14 bits per heavy atom. The molecule has 0 aliphatic heterocycles. The van der Waals surface area contributed by atoms with Crippen LogP contribution in [-0.4, -0.2) is 16.8 Å². The minimum atomic E-state index is -0.346. The number of nitrogens with one attached hydrogen (secondary N) is 1. The summed E-state index contributed by atoms with van der Waals surface area (Å²) < 4.78 is 0. The molecule has 1 unspecified atom stereocenters. The number of rotatable bonds is 0. The third-order valence-corrected chi connectivity index (χ3v) is 2.82. The molecule has 0 fully saturated rings. The smallest absolute Gasteiger partial charge is 0.196 e. The molecular weight excluding hydrogens is 176 g/mol. The Hall–Kier alpha value is -1.61. The fourth-order valence-electron chi connectivity index (χ4n) is 2.12. The van der Waals surface area contributed by atoms with Crippen LogP contribution < -0.4 is 5.73 Å². The predicted octanol–water partition coefficient (Wildman–Crippen LogP) is 1.23. The number of Topliss-reactive ketones (excluding diaryl/α,β-unsaturated/α-hetero) is 1. The molecule has 1 aliphatic carbocycles. The number of benzene rings is 1. The Bertz CT molecular complexity index is 527. The Kier molecular flexibility index (Phi) is 1.36. The van der Waals surface area contributed by atoms with Gasteiger partial charge in [-0.25, -0.2) is 0 Å². The van der Waals surface area contributed by atoms with E-state index in [1.54, 1.807) is 0 Å². The summed E-state index contributed by atoms with van der Waals surface area (Å²) in [6.45, 7) is 0. The zero-order valence-electron chi connectivity index (χ0n) is 7.58. The van der Waals surface area contributed by atoms with E-state index in [-0.39, 0.29) is 11.8 Å². The molecular formula is C11H10N2O. The van der Waals surface area contributed by atoms with E-state index in [2.05, 4.69) is 4.98 Å². The van der Waals surface area contributed by atoms with Crippen LogP contribution in [0, 0.1) is 0 Å². The molecule has 1 aliphatic rings. The van der Waals surface area contributed by atoms with E-state index < -0.39 is 0 Å². The molecule has 0 amide bonds. The molecule has 1 heterocycles. The molecule has 2 aromatic rings. The zero-order chi connectivity index (χ0) is 9.71. The second-order valence-corrected chi connectivity index (χ2v) is 3.70. The van der Waals surface area contributed by atoms with Crippen molar-refractivity contribution in [1.82, 2.24) is 4.98 Å². The number of aromatic amines is 1. The lowest BCUT2D eigenvalue weighted by atomic mass is 10.1. The van der Waals surface area contributed by atoms with Gasteiger partial charge in [0.2, 0.25) is 0 Å². The largest absolute Gasteiger partial charge is 0.352 e. The Morgan fingerprint density at radius 3 is 3.00 bits per heavy atom. The molecule has 1 aromatic heterocycles. The number of hydrogen-bond donors (Lipinski definition) is 2. The van der Waals surface area contributed by atoms with Crippen LogP contribution in [0.5, 0.6) is 0 Å². The van der Waals surface area contributed by atoms with Gasteiger partial charge >= 0.3 is 0 Å². The normalized spacial score (nSPS) is 20.4. The van der Waals surface area contributed by atoms with E-state index >= 15 is 0 Å². The maximum atomic E-state index is 11.6. The number of aromatic nitrogens is 1. The van der Waals surface area contributed by atoms with E-state index in [1.807, 2.05) is 24.3 Å². The molecule has 0 bridgehead atoms. The van der Waals surface area contributed by atoms with Gasteiger partial charge in [0.1, 0.15) is 0 Å². The van der Waals surface area contributed by atoms with Gasteiger partial charge in [0.25, 0.3) is 0 Å². The van der Waals surface area contributed by atoms with Crippen molar-refractivity contribution >= 4 is 16.7 Å². The Labute approximate surface area is 80.9 Å². The topological polar surface area (TPSA) is 58.9 Å². The summed E-state index contributed by atoms with van der Waals surface area (Å²) in [5.74, 6) is 0.0381. The van der Waals surface area contributed by atoms with Gasteiger partial charge in [-0.15, -0.1) is 0 Å². The minimum absolute atomic E-state index is 0.0381. The van der Waals surface area contributed by atoms with Gasteiger partial charge in [0.05, 0.1) is 11.7 Å². The molecule has 0 radical (unpaired) electrons. The second kappa shape index (κ2) is 2.45. The van der Waals surface area contributed by atoms with Crippen molar-refractivity contribution in [3.63, 3.8) is 0 Å². The van der Waals surface area contributed by atoms with Gasteiger partial charge in [0.15, 0.2) is 5.78 Å². The number of hydrogen-bond acceptors (Lipinski definition) is 2. The van der Waals surface area contributed by atoms with Crippen molar-refractivity contribution < 1.29 is 4.79 Å². The Morgan fingerprint density at radius 1 is 1.36 bits per heavy atom. The maximum Gasteiger partial charge on any atom is 0.196 e. The number of H-pyrrole nitrogens is 1. The summed E-state index contributed by atoms with van der Waals surface area (Å²) in [6, 6.07) is 7.59. The molecule has 1 aromatic carbocycles. The van der Waals surface area contributed by atoms with Crippen molar-refractivity contribution in [3.8, 4) is 0 Å². The zero-order valence-corrected chi connectivity index (χ0v) is 7.58. The van der Waals surface area contributed by atoms with Gasteiger partial charge in [0, 0.05) is 10.9 Å². The number of para-hydroxylation sites is 1. The van der Waals surface area contributed by atoms with Gasteiger partial charge in [-0.1, -0.05) is 18.2 Å². The van der Waals surface area contributed by atoms with E-state index in [0.29, 0.717) is 12.1 Å². The molecule has 3 rings (SSSR count). The van der Waals surface area contributed by atoms with Crippen molar-refractivity contribution in [2.45, 2.75) is 12.5 Å². The van der Waals surface area contributed by atoms with Gasteiger partial charge < -0.3 is 10.7 Å². The number of fused-ring (bicyclic) bond motifs is 3. The van der Waals surface area contributed by atoms with Crippen LogP contribution in [0.1, 0.15) is 16.1 Å². The lowest BCUT2D eigenvalue weighted by Gasteiger charge is -1.98. The molecule has 3 nitrogen and oxygen atoms in total. The first-order valence-corrected chi connectivity index (χ1v) is 4.67. The van der Waals surface area contributed by atoms with Crippen LogP contribution in [0.4, 0.5) is 0 Å². The third kappa shape index (κ3) is 0.822. The summed E-state index contributed by atoms with van der Waals surface area (Å²) in [7, 11) is 0. The molecule has 0 spiro atoms. The summed E-state index contributed by atoms with van der Waals surface area (Å²) in [5, 5.41) is 1.13. The minimum Gasteiger partial charge on any atom is -0.352 e. The maximum absolute atomic E-state index is 11.6.